The van der Waals surface area contributed by atoms with Gasteiger partial charge in [0.2, 0.25) is 0 Å². The molecular weight excluding hydrogens is 232 g/mol. The second-order valence-corrected chi connectivity index (χ2v) is 4.70. The fourth-order valence-corrected chi connectivity index (χ4v) is 2.50. The average Bonchev–Trinajstić information content (AvgIpc) is 2.88. The molecule has 4 heterocycles. The van der Waals surface area contributed by atoms with Crippen molar-refractivity contribution in [2.24, 2.45) is 11.1 Å². The number of fused-ring (bicyclic) bond motifs is 3. The van der Waals surface area contributed by atoms with Crippen LogP contribution in [0.4, 0.5) is 0 Å². The third-order valence-electron chi connectivity index (χ3n) is 3.51. The Morgan fingerprint density at radius 1 is 1.56 bits per heavy atom. The van der Waals surface area contributed by atoms with Crippen LogP contribution in [0.5, 0.6) is 0 Å². The zero-order valence-corrected chi connectivity index (χ0v) is 10.0. The molecular formula is C12H14N4O2. The van der Waals surface area contributed by atoms with Crippen molar-refractivity contribution in [1.29, 1.82) is 5.26 Å². The first kappa shape index (κ1) is 11.2. The van der Waals surface area contributed by atoms with Crippen LogP contribution in [-0.4, -0.2) is 35.4 Å². The van der Waals surface area contributed by atoms with Gasteiger partial charge in [0.1, 0.15) is 6.07 Å². The molecule has 3 aliphatic heterocycles. The van der Waals surface area contributed by atoms with Crippen molar-refractivity contribution in [2.75, 3.05) is 19.6 Å². The summed E-state index contributed by atoms with van der Waals surface area (Å²) in [7, 11) is 0. The highest BCUT2D eigenvalue weighted by atomic mass is 16.6. The van der Waals surface area contributed by atoms with E-state index in [1.807, 2.05) is 6.07 Å². The number of rotatable bonds is 3. The molecule has 1 aromatic heterocycles. The molecule has 0 radical (unpaired) electrons. The summed E-state index contributed by atoms with van der Waals surface area (Å²) in [6, 6.07) is 3.47. The molecule has 0 aromatic carbocycles. The molecule has 3 fully saturated rings. The number of piperidine rings is 3. The minimum absolute atomic E-state index is 0.227. The Balaban J connectivity index is 1.56. The molecule has 6 nitrogen and oxygen atoms in total. The first-order valence-electron chi connectivity index (χ1n) is 6.12. The zero-order valence-electron chi connectivity index (χ0n) is 10.0. The molecule has 2 bridgehead atoms. The van der Waals surface area contributed by atoms with E-state index in [-0.39, 0.29) is 12.3 Å². The van der Waals surface area contributed by atoms with Gasteiger partial charge in [-0.05, 0) is 25.9 Å². The van der Waals surface area contributed by atoms with E-state index in [0.717, 1.165) is 12.3 Å². The van der Waals surface area contributed by atoms with Gasteiger partial charge in [0, 0.05) is 18.5 Å². The molecule has 18 heavy (non-hydrogen) atoms. The third-order valence-corrected chi connectivity index (χ3v) is 3.51. The second kappa shape index (κ2) is 4.78. The number of oxime groups is 1. The first-order chi connectivity index (χ1) is 8.85. The first-order valence-corrected chi connectivity index (χ1v) is 6.12. The molecule has 4 rings (SSSR count). The molecule has 0 N–H and O–H groups in total. The van der Waals surface area contributed by atoms with Gasteiger partial charge in [-0.15, -0.1) is 0 Å². The Morgan fingerprint density at radius 2 is 2.39 bits per heavy atom. The second-order valence-electron chi connectivity index (χ2n) is 4.70. The Hall–Kier alpha value is -1.87. The molecule has 0 spiro atoms. The van der Waals surface area contributed by atoms with Gasteiger partial charge < -0.3 is 9.36 Å². The summed E-state index contributed by atoms with van der Waals surface area (Å²) in [5, 5.41) is 16.4. The van der Waals surface area contributed by atoms with Crippen LogP contribution in [-0.2, 0) is 11.4 Å². The van der Waals surface area contributed by atoms with Crippen LogP contribution in [0, 0.1) is 17.2 Å². The van der Waals surface area contributed by atoms with Crippen molar-refractivity contribution in [1.82, 2.24) is 10.1 Å². The van der Waals surface area contributed by atoms with Crippen molar-refractivity contribution in [2.45, 2.75) is 19.4 Å². The van der Waals surface area contributed by atoms with Crippen LogP contribution in [0.15, 0.2) is 15.7 Å². The quantitative estimate of drug-likeness (QED) is 0.748. The number of nitriles is 1. The van der Waals surface area contributed by atoms with Gasteiger partial charge in [-0.3, -0.25) is 4.90 Å². The van der Waals surface area contributed by atoms with Crippen LogP contribution in [0.1, 0.15) is 24.3 Å². The predicted octanol–water partition coefficient (Wildman–Crippen LogP) is 1.14. The molecule has 1 aromatic rings. The molecule has 3 saturated heterocycles. The lowest BCUT2D eigenvalue weighted by atomic mass is 9.87. The molecule has 94 valence electrons. The lowest BCUT2D eigenvalue weighted by Gasteiger charge is -2.39. The van der Waals surface area contributed by atoms with Gasteiger partial charge in [-0.2, -0.15) is 5.26 Å². The SMILES string of the molecule is N#Cc1cc(CO/N=C2/CN3CCC2CC3)on1. The summed E-state index contributed by atoms with van der Waals surface area (Å²) in [5.74, 6) is 1.11. The summed E-state index contributed by atoms with van der Waals surface area (Å²) in [5.41, 5.74) is 1.40. The molecule has 0 saturated carbocycles. The van der Waals surface area contributed by atoms with E-state index in [4.69, 9.17) is 14.6 Å². The Bertz CT molecular complexity index is 494. The minimum atomic E-state index is 0.227. The lowest BCUT2D eigenvalue weighted by Crippen LogP contribution is -2.47. The molecule has 0 atom stereocenters. The van der Waals surface area contributed by atoms with Gasteiger partial charge in [-0.1, -0.05) is 10.3 Å². The smallest absolute Gasteiger partial charge is 0.183 e. The molecule has 3 aliphatic rings. The van der Waals surface area contributed by atoms with Crippen molar-refractivity contribution < 1.29 is 9.36 Å². The topological polar surface area (TPSA) is 74.7 Å². The van der Waals surface area contributed by atoms with Gasteiger partial charge in [0.25, 0.3) is 0 Å². The van der Waals surface area contributed by atoms with E-state index in [1.54, 1.807) is 6.07 Å². The van der Waals surface area contributed by atoms with E-state index in [1.165, 1.54) is 25.9 Å². The monoisotopic (exact) mass is 246 g/mol. The number of hydrogen-bond donors (Lipinski definition) is 0. The summed E-state index contributed by atoms with van der Waals surface area (Å²) in [4.78, 5) is 7.68. The highest BCUT2D eigenvalue weighted by Crippen LogP contribution is 2.25. The maximum absolute atomic E-state index is 8.61. The largest absolute Gasteiger partial charge is 0.387 e. The van der Waals surface area contributed by atoms with Crippen LogP contribution in [0.25, 0.3) is 0 Å². The van der Waals surface area contributed by atoms with Crippen molar-refractivity contribution in [3.8, 4) is 6.07 Å². The number of aromatic nitrogens is 1. The van der Waals surface area contributed by atoms with Crippen molar-refractivity contribution in [3.05, 3.63) is 17.5 Å². The third kappa shape index (κ3) is 2.22. The average molecular weight is 246 g/mol. The normalized spacial score (nSPS) is 28.3. The van der Waals surface area contributed by atoms with Crippen molar-refractivity contribution >= 4 is 5.71 Å². The van der Waals surface area contributed by atoms with Gasteiger partial charge in [0.05, 0.1) is 5.71 Å². The standard InChI is InChI=1S/C12H14N4O2/c13-6-10-5-11(18-14-10)8-17-15-12-7-16-3-1-9(12)2-4-16/h5,9H,1-4,7-8H2/b15-12-. The molecule has 6 heteroatoms. The number of nitrogens with zero attached hydrogens (tertiary/aromatic N) is 4. The predicted molar refractivity (Wildman–Crippen MR) is 62.6 cm³/mol. The Kier molecular flexibility index (Phi) is 2.99. The maximum Gasteiger partial charge on any atom is 0.183 e. The van der Waals surface area contributed by atoms with E-state index in [0.29, 0.717) is 11.7 Å². The van der Waals surface area contributed by atoms with Gasteiger partial charge in [0.15, 0.2) is 18.1 Å². The van der Waals surface area contributed by atoms with E-state index >= 15 is 0 Å². The number of hydrogen-bond acceptors (Lipinski definition) is 6. The summed E-state index contributed by atoms with van der Waals surface area (Å²) >= 11 is 0. The minimum Gasteiger partial charge on any atom is -0.387 e. The highest BCUT2D eigenvalue weighted by molar-refractivity contribution is 5.89. The highest BCUT2D eigenvalue weighted by Gasteiger charge is 2.31. The van der Waals surface area contributed by atoms with Crippen LogP contribution < -0.4 is 0 Å². The Labute approximate surface area is 105 Å². The van der Waals surface area contributed by atoms with E-state index in [2.05, 4.69) is 15.2 Å². The molecule has 0 amide bonds. The fourth-order valence-electron chi connectivity index (χ4n) is 2.50. The lowest BCUT2D eigenvalue weighted by molar-refractivity contribution is 0.100. The van der Waals surface area contributed by atoms with E-state index < -0.39 is 0 Å². The van der Waals surface area contributed by atoms with Crippen LogP contribution in [0.3, 0.4) is 0 Å². The molecule has 0 aliphatic carbocycles. The van der Waals surface area contributed by atoms with Crippen LogP contribution in [0.2, 0.25) is 0 Å². The maximum atomic E-state index is 8.61. The summed E-state index contributed by atoms with van der Waals surface area (Å²) in [6.45, 7) is 3.50. The van der Waals surface area contributed by atoms with Gasteiger partial charge >= 0.3 is 0 Å². The summed E-state index contributed by atoms with van der Waals surface area (Å²) < 4.78 is 4.93. The van der Waals surface area contributed by atoms with E-state index in [9.17, 15) is 0 Å². The zero-order chi connectivity index (χ0) is 12.4. The van der Waals surface area contributed by atoms with Crippen LogP contribution >= 0.6 is 0 Å². The van der Waals surface area contributed by atoms with Gasteiger partial charge in [-0.25, -0.2) is 0 Å². The molecule has 0 unspecified atom stereocenters. The summed E-state index contributed by atoms with van der Waals surface area (Å²) in [6.07, 6.45) is 2.37. The fraction of sp³-hybridized carbons (Fsp3) is 0.583. The Morgan fingerprint density at radius 3 is 3.00 bits per heavy atom. The van der Waals surface area contributed by atoms with Crippen molar-refractivity contribution in [3.63, 3.8) is 0 Å².